The normalized spacial score (nSPS) is 12.6. The van der Waals surface area contributed by atoms with Gasteiger partial charge in [-0.2, -0.15) is 4.37 Å². The average Bonchev–Trinajstić information content (AvgIpc) is 2.85. The molecule has 0 radical (unpaired) electrons. The second-order valence-electron chi connectivity index (χ2n) is 3.72. The summed E-state index contributed by atoms with van der Waals surface area (Å²) in [6.07, 6.45) is 0.866. The topological polar surface area (TPSA) is 51.8 Å². The van der Waals surface area contributed by atoms with Crippen molar-refractivity contribution in [1.29, 1.82) is 0 Å². The fraction of sp³-hybridized carbons (Fsp3) is 0.333. The van der Waals surface area contributed by atoms with Crippen molar-refractivity contribution in [3.63, 3.8) is 0 Å². The Hall–Kier alpha value is -0.620. The number of rotatable bonds is 5. The number of nitrogens with zero attached hydrogens (tertiary/aromatic N) is 2. The van der Waals surface area contributed by atoms with Gasteiger partial charge in [0.1, 0.15) is 5.82 Å². The maximum atomic E-state index is 5.88. The fourth-order valence-corrected chi connectivity index (χ4v) is 3.53. The smallest absolute Gasteiger partial charge is 0.170 e. The van der Waals surface area contributed by atoms with E-state index in [2.05, 4.69) is 16.3 Å². The number of benzene rings is 1. The molecular weight excluding hydrogens is 286 g/mol. The van der Waals surface area contributed by atoms with Crippen LogP contribution in [0.15, 0.2) is 28.6 Å². The molecule has 2 N–H and O–H groups in total. The molecule has 0 fully saturated rings. The Balaban J connectivity index is 2.11. The number of aryl methyl sites for hydroxylation is 1. The minimum absolute atomic E-state index is 0.194. The molecule has 0 spiro atoms. The van der Waals surface area contributed by atoms with E-state index in [-0.39, 0.29) is 5.25 Å². The number of hydrogen-bond acceptors (Lipinski definition) is 5. The maximum Gasteiger partial charge on any atom is 0.170 e. The van der Waals surface area contributed by atoms with E-state index in [1.165, 1.54) is 17.1 Å². The van der Waals surface area contributed by atoms with Crippen molar-refractivity contribution in [2.24, 2.45) is 5.73 Å². The van der Waals surface area contributed by atoms with Crippen molar-refractivity contribution in [3.8, 4) is 0 Å². The molecule has 6 heteroatoms. The summed E-state index contributed by atoms with van der Waals surface area (Å²) >= 11 is 8.98. The summed E-state index contributed by atoms with van der Waals surface area (Å²) in [7, 11) is 0. The first-order valence-corrected chi connectivity index (χ1v) is 7.70. The summed E-state index contributed by atoms with van der Waals surface area (Å²) in [5.41, 5.74) is 7.00. The Kier molecular flexibility index (Phi) is 5.00. The van der Waals surface area contributed by atoms with Crippen molar-refractivity contribution in [3.05, 3.63) is 40.7 Å². The molecule has 1 unspecified atom stereocenters. The number of hydrogen-bond donors (Lipinski definition) is 1. The summed E-state index contributed by atoms with van der Waals surface area (Å²) < 4.78 is 5.25. The molecule has 0 bridgehead atoms. The van der Waals surface area contributed by atoms with Gasteiger partial charge in [-0.05, 0) is 29.2 Å². The van der Waals surface area contributed by atoms with E-state index in [9.17, 15) is 0 Å². The molecule has 1 heterocycles. The van der Waals surface area contributed by atoms with Crippen molar-refractivity contribution in [2.75, 3.05) is 6.54 Å². The maximum absolute atomic E-state index is 5.88. The second kappa shape index (κ2) is 6.52. The minimum Gasteiger partial charge on any atom is -0.329 e. The van der Waals surface area contributed by atoms with Gasteiger partial charge in [0.05, 0.1) is 0 Å². The van der Waals surface area contributed by atoms with Crippen molar-refractivity contribution >= 4 is 34.9 Å². The highest BCUT2D eigenvalue weighted by Gasteiger charge is 2.14. The lowest BCUT2D eigenvalue weighted by Gasteiger charge is -2.12. The molecule has 3 nitrogen and oxygen atoms in total. The first-order chi connectivity index (χ1) is 8.72. The largest absolute Gasteiger partial charge is 0.329 e. The highest BCUT2D eigenvalue weighted by Crippen LogP contribution is 2.35. The lowest BCUT2D eigenvalue weighted by molar-refractivity contribution is 0.931. The predicted molar refractivity (Wildman–Crippen MR) is 78.4 cm³/mol. The van der Waals surface area contributed by atoms with Gasteiger partial charge in [0.15, 0.2) is 4.34 Å². The van der Waals surface area contributed by atoms with Crippen LogP contribution in [0.25, 0.3) is 0 Å². The van der Waals surface area contributed by atoms with Gasteiger partial charge < -0.3 is 5.73 Å². The predicted octanol–water partition coefficient (Wildman–Crippen LogP) is 3.55. The molecule has 0 aliphatic carbocycles. The first kappa shape index (κ1) is 13.8. The Bertz CT molecular complexity index is 498. The first-order valence-electron chi connectivity index (χ1n) is 5.67. The van der Waals surface area contributed by atoms with Crippen LogP contribution < -0.4 is 5.73 Å². The van der Waals surface area contributed by atoms with Crippen LogP contribution in [0.3, 0.4) is 0 Å². The molecule has 0 saturated heterocycles. The van der Waals surface area contributed by atoms with Crippen LogP contribution in [-0.2, 0) is 6.42 Å². The van der Waals surface area contributed by atoms with E-state index in [0.717, 1.165) is 21.6 Å². The van der Waals surface area contributed by atoms with Gasteiger partial charge in [0.25, 0.3) is 0 Å². The van der Waals surface area contributed by atoms with Crippen LogP contribution in [0, 0.1) is 0 Å². The second-order valence-corrected chi connectivity index (χ2v) is 6.36. The summed E-state index contributed by atoms with van der Waals surface area (Å²) in [6, 6.07) is 7.79. The zero-order chi connectivity index (χ0) is 13.0. The van der Waals surface area contributed by atoms with E-state index >= 15 is 0 Å². The quantitative estimate of drug-likeness (QED) is 0.858. The number of aromatic nitrogens is 2. The van der Waals surface area contributed by atoms with Crippen molar-refractivity contribution in [1.82, 2.24) is 9.36 Å². The minimum atomic E-state index is 0.194. The van der Waals surface area contributed by atoms with Crippen LogP contribution in [0.1, 0.15) is 23.6 Å². The average molecular weight is 300 g/mol. The van der Waals surface area contributed by atoms with Crippen LogP contribution in [0.4, 0.5) is 0 Å². The molecule has 0 aliphatic rings. The van der Waals surface area contributed by atoms with Crippen molar-refractivity contribution < 1.29 is 0 Å². The van der Waals surface area contributed by atoms with E-state index in [1.54, 1.807) is 11.8 Å². The van der Waals surface area contributed by atoms with Crippen LogP contribution in [-0.4, -0.2) is 15.9 Å². The molecule has 18 heavy (non-hydrogen) atoms. The number of thioether (sulfide) groups is 1. The highest BCUT2D eigenvalue weighted by atomic mass is 35.5. The molecule has 0 amide bonds. The fourth-order valence-electron chi connectivity index (χ4n) is 1.48. The van der Waals surface area contributed by atoms with E-state index < -0.39 is 0 Å². The van der Waals surface area contributed by atoms with Gasteiger partial charge in [0.2, 0.25) is 0 Å². The molecule has 1 aromatic carbocycles. The van der Waals surface area contributed by atoms with Crippen LogP contribution in [0.2, 0.25) is 5.02 Å². The van der Waals surface area contributed by atoms with E-state index in [0.29, 0.717) is 6.54 Å². The lowest BCUT2D eigenvalue weighted by atomic mass is 10.1. The molecule has 96 valence electrons. The third-order valence-electron chi connectivity index (χ3n) is 2.46. The number of nitrogens with two attached hydrogens (primary N) is 1. The van der Waals surface area contributed by atoms with Crippen LogP contribution in [0.5, 0.6) is 0 Å². The zero-order valence-corrected chi connectivity index (χ0v) is 12.4. The van der Waals surface area contributed by atoms with Gasteiger partial charge in [-0.25, -0.2) is 4.98 Å². The molecule has 0 aliphatic heterocycles. The molecular formula is C12H14ClN3S2. The Morgan fingerprint density at radius 2 is 2.11 bits per heavy atom. The monoisotopic (exact) mass is 299 g/mol. The summed E-state index contributed by atoms with van der Waals surface area (Å²) in [5, 5.41) is 0.934. The SMILES string of the molecule is CCc1nsc(SC(CN)c2ccc(Cl)cc2)n1. The lowest BCUT2D eigenvalue weighted by Crippen LogP contribution is -2.09. The van der Waals surface area contributed by atoms with Gasteiger partial charge in [-0.3, -0.25) is 0 Å². The van der Waals surface area contributed by atoms with Gasteiger partial charge in [-0.15, -0.1) is 0 Å². The molecule has 2 aromatic rings. The Labute approximate surface area is 120 Å². The van der Waals surface area contributed by atoms with Crippen molar-refractivity contribution in [2.45, 2.75) is 22.9 Å². The third-order valence-corrected chi connectivity index (χ3v) is 4.82. The van der Waals surface area contributed by atoms with Gasteiger partial charge in [-0.1, -0.05) is 42.4 Å². The molecule has 1 aromatic heterocycles. The Morgan fingerprint density at radius 3 is 2.67 bits per heavy atom. The molecule has 1 atom stereocenters. The van der Waals surface area contributed by atoms with E-state index in [1.807, 2.05) is 24.3 Å². The Morgan fingerprint density at radius 1 is 1.39 bits per heavy atom. The van der Waals surface area contributed by atoms with E-state index in [4.69, 9.17) is 17.3 Å². The number of halogens is 1. The van der Waals surface area contributed by atoms with Crippen LogP contribution >= 0.6 is 34.9 Å². The standard InChI is InChI=1S/C12H14ClN3S2/c1-2-11-15-12(18-16-11)17-10(7-14)8-3-5-9(13)6-4-8/h3-6,10H,2,7,14H2,1H3. The summed E-state index contributed by atoms with van der Waals surface area (Å²) in [5.74, 6) is 0.898. The molecule has 2 rings (SSSR count). The zero-order valence-electron chi connectivity index (χ0n) is 9.97. The summed E-state index contributed by atoms with van der Waals surface area (Å²) in [4.78, 5) is 4.45. The molecule has 0 saturated carbocycles. The van der Waals surface area contributed by atoms with Gasteiger partial charge in [0, 0.05) is 23.2 Å². The van der Waals surface area contributed by atoms with Gasteiger partial charge >= 0.3 is 0 Å². The highest BCUT2D eigenvalue weighted by molar-refractivity contribution is 8.01. The summed E-state index contributed by atoms with van der Waals surface area (Å²) in [6.45, 7) is 2.61. The third kappa shape index (κ3) is 3.45.